The number of pyridine rings is 1. The second kappa shape index (κ2) is 7.72. The summed E-state index contributed by atoms with van der Waals surface area (Å²) in [6.07, 6.45) is 1.26. The van der Waals surface area contributed by atoms with Crippen molar-refractivity contribution in [1.29, 1.82) is 5.26 Å². The molecule has 0 fully saturated rings. The Labute approximate surface area is 171 Å². The third-order valence-electron chi connectivity index (χ3n) is 4.72. The molecule has 8 heteroatoms. The molecule has 1 atom stereocenters. The van der Waals surface area contributed by atoms with Crippen molar-refractivity contribution in [3.05, 3.63) is 77.6 Å². The molecule has 0 saturated carbocycles. The Balaban J connectivity index is 1.86. The van der Waals surface area contributed by atoms with E-state index in [1.807, 2.05) is 19.1 Å². The lowest BCUT2D eigenvalue weighted by Gasteiger charge is -2.20. The molecular formula is C22H16F2N6. The third-order valence-corrected chi connectivity index (χ3v) is 4.72. The number of nitriles is 1. The Kier molecular flexibility index (Phi) is 4.94. The summed E-state index contributed by atoms with van der Waals surface area (Å²) in [5.74, 6) is -0.466. The fourth-order valence-corrected chi connectivity index (χ4v) is 3.26. The van der Waals surface area contributed by atoms with Gasteiger partial charge in [-0.25, -0.2) is 23.7 Å². The number of nitrogens with zero attached hydrogens (tertiary/aromatic N) is 4. The number of hydrogen-bond donors (Lipinski definition) is 2. The van der Waals surface area contributed by atoms with Gasteiger partial charge in [0.15, 0.2) is 0 Å². The van der Waals surface area contributed by atoms with E-state index in [4.69, 9.17) is 5.73 Å². The van der Waals surface area contributed by atoms with Crippen LogP contribution in [0.4, 0.5) is 20.4 Å². The van der Waals surface area contributed by atoms with E-state index >= 15 is 0 Å². The first-order valence-corrected chi connectivity index (χ1v) is 9.09. The van der Waals surface area contributed by atoms with Gasteiger partial charge in [-0.15, -0.1) is 0 Å². The number of hydrogen-bond acceptors (Lipinski definition) is 6. The van der Waals surface area contributed by atoms with Crippen molar-refractivity contribution in [2.24, 2.45) is 0 Å². The van der Waals surface area contributed by atoms with Gasteiger partial charge in [0.2, 0.25) is 0 Å². The van der Waals surface area contributed by atoms with Gasteiger partial charge in [0.05, 0.1) is 17.3 Å². The first-order chi connectivity index (χ1) is 14.5. The highest BCUT2D eigenvalue weighted by molar-refractivity contribution is 5.84. The first kappa shape index (κ1) is 19.2. The summed E-state index contributed by atoms with van der Waals surface area (Å²) in [6, 6.07) is 13.8. The quantitative estimate of drug-likeness (QED) is 0.518. The van der Waals surface area contributed by atoms with Gasteiger partial charge in [-0.05, 0) is 37.3 Å². The van der Waals surface area contributed by atoms with E-state index in [1.165, 1.54) is 30.6 Å². The number of anilines is 2. The van der Waals surface area contributed by atoms with E-state index < -0.39 is 11.6 Å². The number of nitrogens with one attached hydrogen (secondary N) is 1. The molecule has 0 radical (unpaired) electrons. The van der Waals surface area contributed by atoms with Gasteiger partial charge in [-0.2, -0.15) is 5.26 Å². The molecule has 30 heavy (non-hydrogen) atoms. The molecule has 6 nitrogen and oxygen atoms in total. The SMILES string of the molecule is CC(Nc1ncnc(N)c1C#N)c1cc2ccc(F)cc2nc1-c1cccc(F)c1. The number of halogens is 2. The largest absolute Gasteiger partial charge is 0.382 e. The van der Waals surface area contributed by atoms with E-state index in [1.54, 1.807) is 18.2 Å². The third kappa shape index (κ3) is 3.61. The molecule has 1 unspecified atom stereocenters. The monoisotopic (exact) mass is 402 g/mol. The molecule has 0 aliphatic rings. The average molecular weight is 402 g/mol. The summed E-state index contributed by atoms with van der Waals surface area (Å²) in [6.45, 7) is 1.86. The van der Waals surface area contributed by atoms with E-state index in [2.05, 4.69) is 20.3 Å². The molecule has 0 bridgehead atoms. The Morgan fingerprint density at radius 2 is 1.87 bits per heavy atom. The van der Waals surface area contributed by atoms with Crippen LogP contribution in [0.3, 0.4) is 0 Å². The Hall–Kier alpha value is -4.12. The number of nitrogen functional groups attached to an aromatic ring is 1. The molecule has 0 aliphatic heterocycles. The summed E-state index contributed by atoms with van der Waals surface area (Å²) in [4.78, 5) is 12.5. The van der Waals surface area contributed by atoms with Crippen molar-refractivity contribution in [3.8, 4) is 17.3 Å². The van der Waals surface area contributed by atoms with Crippen LogP contribution in [0.1, 0.15) is 24.1 Å². The van der Waals surface area contributed by atoms with Crippen molar-refractivity contribution >= 4 is 22.5 Å². The molecule has 0 amide bonds. The molecule has 2 aromatic carbocycles. The van der Waals surface area contributed by atoms with Crippen molar-refractivity contribution in [1.82, 2.24) is 15.0 Å². The number of nitrogens with two attached hydrogens (primary N) is 1. The predicted octanol–water partition coefficient (Wildman–Crippen LogP) is 4.60. The molecule has 2 aromatic heterocycles. The molecule has 2 heterocycles. The van der Waals surface area contributed by atoms with Crippen LogP contribution in [-0.4, -0.2) is 15.0 Å². The fourth-order valence-electron chi connectivity index (χ4n) is 3.26. The Morgan fingerprint density at radius 1 is 1.07 bits per heavy atom. The highest BCUT2D eigenvalue weighted by atomic mass is 19.1. The maximum Gasteiger partial charge on any atom is 0.150 e. The number of benzene rings is 2. The van der Waals surface area contributed by atoms with Crippen LogP contribution in [0.2, 0.25) is 0 Å². The summed E-state index contributed by atoms with van der Waals surface area (Å²) < 4.78 is 27.6. The zero-order chi connectivity index (χ0) is 21.3. The van der Waals surface area contributed by atoms with Crippen molar-refractivity contribution in [2.45, 2.75) is 13.0 Å². The molecule has 148 valence electrons. The highest BCUT2D eigenvalue weighted by Crippen LogP contribution is 2.32. The second-order valence-electron chi connectivity index (χ2n) is 6.73. The summed E-state index contributed by atoms with van der Waals surface area (Å²) in [5, 5.41) is 13.3. The predicted molar refractivity (Wildman–Crippen MR) is 110 cm³/mol. The lowest BCUT2D eigenvalue weighted by atomic mass is 9.98. The van der Waals surface area contributed by atoms with Crippen LogP contribution in [0.25, 0.3) is 22.2 Å². The lowest BCUT2D eigenvalue weighted by molar-refractivity contribution is 0.628. The normalized spacial score (nSPS) is 11.8. The Bertz CT molecular complexity index is 1300. The van der Waals surface area contributed by atoms with Gasteiger partial charge >= 0.3 is 0 Å². The van der Waals surface area contributed by atoms with Gasteiger partial charge in [0.1, 0.15) is 41.2 Å². The topological polar surface area (TPSA) is 101 Å². The van der Waals surface area contributed by atoms with Crippen molar-refractivity contribution in [2.75, 3.05) is 11.1 Å². The summed E-state index contributed by atoms with van der Waals surface area (Å²) >= 11 is 0. The van der Waals surface area contributed by atoms with Gasteiger partial charge in [-0.1, -0.05) is 12.1 Å². The standard InChI is InChI=1S/C22H16F2N6/c1-12(29-22-18(10-25)21(26)27-11-28-22)17-8-13-5-6-16(24)9-19(13)30-20(17)14-3-2-4-15(23)7-14/h2-9,11-12H,1H3,(H3,26,27,28,29). The maximum absolute atomic E-state index is 13.9. The van der Waals surface area contributed by atoms with E-state index in [9.17, 15) is 14.0 Å². The summed E-state index contributed by atoms with van der Waals surface area (Å²) in [7, 11) is 0. The van der Waals surface area contributed by atoms with Gasteiger partial charge in [-0.3, -0.25) is 0 Å². The number of fused-ring (bicyclic) bond motifs is 1. The van der Waals surface area contributed by atoms with Crippen LogP contribution in [0.5, 0.6) is 0 Å². The smallest absolute Gasteiger partial charge is 0.150 e. The molecule has 0 aliphatic carbocycles. The minimum absolute atomic E-state index is 0.0691. The second-order valence-corrected chi connectivity index (χ2v) is 6.73. The fraction of sp³-hybridized carbons (Fsp3) is 0.0909. The minimum atomic E-state index is -0.408. The molecule has 3 N–H and O–H groups in total. The van der Waals surface area contributed by atoms with Gasteiger partial charge < -0.3 is 11.1 Å². The zero-order valence-corrected chi connectivity index (χ0v) is 15.9. The van der Waals surface area contributed by atoms with Crippen LogP contribution >= 0.6 is 0 Å². The van der Waals surface area contributed by atoms with E-state index in [-0.39, 0.29) is 23.2 Å². The van der Waals surface area contributed by atoms with Crippen molar-refractivity contribution < 1.29 is 8.78 Å². The van der Waals surface area contributed by atoms with Gasteiger partial charge in [0.25, 0.3) is 0 Å². The molecule has 4 rings (SSSR count). The van der Waals surface area contributed by atoms with Crippen molar-refractivity contribution in [3.63, 3.8) is 0 Å². The van der Waals surface area contributed by atoms with E-state index in [0.29, 0.717) is 16.8 Å². The van der Waals surface area contributed by atoms with Gasteiger partial charge in [0, 0.05) is 22.6 Å². The zero-order valence-electron chi connectivity index (χ0n) is 15.9. The molecular weight excluding hydrogens is 386 g/mol. The van der Waals surface area contributed by atoms with Crippen LogP contribution < -0.4 is 11.1 Å². The average Bonchev–Trinajstić information content (AvgIpc) is 2.73. The number of rotatable bonds is 4. The molecule has 0 spiro atoms. The minimum Gasteiger partial charge on any atom is -0.382 e. The van der Waals surface area contributed by atoms with Crippen LogP contribution in [0, 0.1) is 23.0 Å². The number of aromatic nitrogens is 3. The lowest BCUT2D eigenvalue weighted by Crippen LogP contribution is -2.13. The molecule has 4 aromatic rings. The molecule has 0 saturated heterocycles. The first-order valence-electron chi connectivity index (χ1n) is 9.09. The Morgan fingerprint density at radius 3 is 2.63 bits per heavy atom. The van der Waals surface area contributed by atoms with Crippen LogP contribution in [-0.2, 0) is 0 Å². The summed E-state index contributed by atoms with van der Waals surface area (Å²) in [5.41, 5.74) is 8.12. The van der Waals surface area contributed by atoms with E-state index in [0.717, 1.165) is 10.9 Å². The maximum atomic E-state index is 13.9. The highest BCUT2D eigenvalue weighted by Gasteiger charge is 2.18. The van der Waals surface area contributed by atoms with Crippen LogP contribution in [0.15, 0.2) is 54.9 Å².